The Labute approximate surface area is 113 Å². The van der Waals surface area contributed by atoms with E-state index in [2.05, 4.69) is 32.1 Å². The third-order valence-electron chi connectivity index (χ3n) is 2.86. The van der Waals surface area contributed by atoms with Crippen molar-refractivity contribution in [3.8, 4) is 6.01 Å². The molecule has 2 heterocycles. The lowest BCUT2D eigenvalue weighted by Gasteiger charge is -2.22. The van der Waals surface area contributed by atoms with Gasteiger partial charge in [0.1, 0.15) is 0 Å². The fourth-order valence-electron chi connectivity index (χ4n) is 1.99. The topological polar surface area (TPSA) is 72.4 Å². The van der Waals surface area contributed by atoms with Crippen molar-refractivity contribution in [1.82, 2.24) is 15.0 Å². The van der Waals surface area contributed by atoms with Crippen molar-refractivity contribution >= 4 is 11.9 Å². The first-order chi connectivity index (χ1) is 9.22. The number of hydrogen-bond donors (Lipinski definition) is 1. The van der Waals surface area contributed by atoms with Crippen LogP contribution in [0.15, 0.2) is 0 Å². The third-order valence-corrected chi connectivity index (χ3v) is 2.86. The van der Waals surface area contributed by atoms with Gasteiger partial charge in [-0.15, -0.1) is 0 Å². The van der Waals surface area contributed by atoms with Gasteiger partial charge in [-0.05, 0) is 20.3 Å². The van der Waals surface area contributed by atoms with Crippen molar-refractivity contribution in [3.05, 3.63) is 0 Å². The summed E-state index contributed by atoms with van der Waals surface area (Å²) in [6.07, 6.45) is 1.14. The van der Waals surface area contributed by atoms with E-state index in [-0.39, 0.29) is 6.10 Å². The molecule has 1 aromatic rings. The summed E-state index contributed by atoms with van der Waals surface area (Å²) in [5.41, 5.74) is 0. The first-order valence-electron chi connectivity index (χ1n) is 6.63. The minimum absolute atomic E-state index is 0.174. The Hall–Kier alpha value is -1.63. The van der Waals surface area contributed by atoms with E-state index in [1.54, 1.807) is 7.11 Å². The monoisotopic (exact) mass is 267 g/mol. The lowest BCUT2D eigenvalue weighted by molar-refractivity contribution is 0.0820. The fraction of sp³-hybridized carbons (Fsp3) is 0.750. The summed E-state index contributed by atoms with van der Waals surface area (Å²) in [5, 5.41) is 3.09. The van der Waals surface area contributed by atoms with Crippen LogP contribution in [0.1, 0.15) is 20.3 Å². The molecule has 1 N–H and O–H groups in total. The van der Waals surface area contributed by atoms with Gasteiger partial charge in [0.2, 0.25) is 11.9 Å². The minimum Gasteiger partial charge on any atom is -0.467 e. The van der Waals surface area contributed by atoms with Crippen molar-refractivity contribution in [3.63, 3.8) is 0 Å². The summed E-state index contributed by atoms with van der Waals surface area (Å²) in [7, 11) is 1.56. The van der Waals surface area contributed by atoms with Gasteiger partial charge in [-0.2, -0.15) is 15.0 Å². The standard InChI is InChI=1S/C12H21N5O2/c1-4-13-10-14-11(16-12(15-10)18-3)17-6-5-7-19-9(2)8-17/h9H,4-8H2,1-3H3,(H,13,14,15,16). The zero-order valence-corrected chi connectivity index (χ0v) is 11.7. The second-order valence-electron chi connectivity index (χ2n) is 4.46. The molecule has 1 aliphatic heterocycles. The van der Waals surface area contributed by atoms with Crippen molar-refractivity contribution in [2.45, 2.75) is 26.4 Å². The van der Waals surface area contributed by atoms with Gasteiger partial charge in [0.05, 0.1) is 13.2 Å². The van der Waals surface area contributed by atoms with Crippen molar-refractivity contribution in [2.75, 3.05) is 43.6 Å². The number of anilines is 2. The Kier molecular flexibility index (Phi) is 4.73. The zero-order valence-electron chi connectivity index (χ0n) is 11.7. The molecule has 0 radical (unpaired) electrons. The molecular formula is C12H21N5O2. The molecule has 0 amide bonds. The predicted octanol–water partition coefficient (Wildman–Crippen LogP) is 0.927. The molecule has 2 rings (SSSR count). The van der Waals surface area contributed by atoms with Gasteiger partial charge < -0.3 is 19.7 Å². The highest BCUT2D eigenvalue weighted by atomic mass is 16.5. The molecule has 1 unspecified atom stereocenters. The summed E-state index contributed by atoms with van der Waals surface area (Å²) >= 11 is 0. The number of ether oxygens (including phenoxy) is 2. The first kappa shape index (κ1) is 13.8. The molecule has 106 valence electrons. The van der Waals surface area contributed by atoms with Gasteiger partial charge >= 0.3 is 6.01 Å². The Morgan fingerprint density at radius 3 is 3.00 bits per heavy atom. The average Bonchev–Trinajstić information content (AvgIpc) is 2.63. The average molecular weight is 267 g/mol. The van der Waals surface area contributed by atoms with Gasteiger partial charge in [0.25, 0.3) is 0 Å². The Morgan fingerprint density at radius 1 is 1.42 bits per heavy atom. The maximum atomic E-state index is 5.63. The Bertz CT molecular complexity index is 415. The molecule has 1 saturated heterocycles. The lowest BCUT2D eigenvalue weighted by Crippen LogP contribution is -2.32. The maximum absolute atomic E-state index is 5.63. The molecule has 1 aliphatic rings. The third kappa shape index (κ3) is 3.66. The molecule has 1 fully saturated rings. The summed E-state index contributed by atoms with van der Waals surface area (Å²) in [6.45, 7) is 7.24. The first-order valence-corrected chi connectivity index (χ1v) is 6.63. The van der Waals surface area contributed by atoms with Crippen molar-refractivity contribution in [1.29, 1.82) is 0 Å². The number of hydrogen-bond acceptors (Lipinski definition) is 7. The summed E-state index contributed by atoms with van der Waals surface area (Å²) in [5.74, 6) is 1.18. The maximum Gasteiger partial charge on any atom is 0.322 e. The van der Waals surface area contributed by atoms with Crippen LogP contribution in [-0.4, -0.2) is 54.4 Å². The fourth-order valence-corrected chi connectivity index (χ4v) is 1.99. The van der Waals surface area contributed by atoms with Gasteiger partial charge in [0, 0.05) is 26.2 Å². The number of aromatic nitrogens is 3. The number of rotatable bonds is 4. The van der Waals surface area contributed by atoms with E-state index in [0.29, 0.717) is 17.9 Å². The van der Waals surface area contributed by atoms with E-state index in [9.17, 15) is 0 Å². The Balaban J connectivity index is 2.23. The molecule has 0 bridgehead atoms. The van der Waals surface area contributed by atoms with E-state index in [1.165, 1.54) is 0 Å². The van der Waals surface area contributed by atoms with Crippen LogP contribution in [0.25, 0.3) is 0 Å². The van der Waals surface area contributed by atoms with E-state index < -0.39 is 0 Å². The molecule has 7 nitrogen and oxygen atoms in total. The van der Waals surface area contributed by atoms with Gasteiger partial charge in [0.15, 0.2) is 0 Å². The largest absolute Gasteiger partial charge is 0.467 e. The van der Waals surface area contributed by atoms with Crippen LogP contribution in [0.5, 0.6) is 6.01 Å². The molecule has 1 atom stereocenters. The molecule has 0 aromatic carbocycles. The summed E-state index contributed by atoms with van der Waals surface area (Å²) in [4.78, 5) is 15.0. The van der Waals surface area contributed by atoms with Crippen LogP contribution in [0, 0.1) is 0 Å². The SMILES string of the molecule is CCNc1nc(OC)nc(N2CCCOC(C)C2)n1. The van der Waals surface area contributed by atoms with Crippen LogP contribution < -0.4 is 15.0 Å². The molecule has 0 spiro atoms. The highest BCUT2D eigenvalue weighted by molar-refractivity contribution is 5.38. The highest BCUT2D eigenvalue weighted by Crippen LogP contribution is 2.17. The molecule has 0 aliphatic carbocycles. The van der Waals surface area contributed by atoms with Gasteiger partial charge in [-0.1, -0.05) is 0 Å². The molecule has 1 aromatic heterocycles. The van der Waals surface area contributed by atoms with Gasteiger partial charge in [-0.3, -0.25) is 0 Å². The van der Waals surface area contributed by atoms with Crippen LogP contribution in [-0.2, 0) is 4.74 Å². The summed E-state index contributed by atoms with van der Waals surface area (Å²) < 4.78 is 10.8. The predicted molar refractivity (Wildman–Crippen MR) is 72.8 cm³/mol. The van der Waals surface area contributed by atoms with Crippen molar-refractivity contribution in [2.24, 2.45) is 0 Å². The van der Waals surface area contributed by atoms with Crippen LogP contribution in [0.3, 0.4) is 0 Å². The van der Waals surface area contributed by atoms with E-state index in [1.807, 2.05) is 6.92 Å². The van der Waals surface area contributed by atoms with E-state index in [4.69, 9.17) is 9.47 Å². The zero-order chi connectivity index (χ0) is 13.7. The second-order valence-corrected chi connectivity index (χ2v) is 4.46. The normalized spacial score (nSPS) is 19.9. The quantitative estimate of drug-likeness (QED) is 0.869. The lowest BCUT2D eigenvalue weighted by atomic mass is 10.3. The Morgan fingerprint density at radius 2 is 2.26 bits per heavy atom. The molecule has 7 heteroatoms. The number of nitrogens with one attached hydrogen (secondary N) is 1. The number of nitrogens with zero attached hydrogens (tertiary/aromatic N) is 4. The molecular weight excluding hydrogens is 246 g/mol. The van der Waals surface area contributed by atoms with Crippen molar-refractivity contribution < 1.29 is 9.47 Å². The highest BCUT2D eigenvalue weighted by Gasteiger charge is 2.19. The van der Waals surface area contributed by atoms with E-state index >= 15 is 0 Å². The molecule has 19 heavy (non-hydrogen) atoms. The minimum atomic E-state index is 0.174. The second kappa shape index (κ2) is 6.51. The van der Waals surface area contributed by atoms with Crippen LogP contribution in [0.2, 0.25) is 0 Å². The van der Waals surface area contributed by atoms with E-state index in [0.717, 1.165) is 32.7 Å². The smallest absolute Gasteiger partial charge is 0.322 e. The molecule has 0 saturated carbocycles. The summed E-state index contributed by atoms with van der Waals surface area (Å²) in [6, 6.07) is 0.332. The van der Waals surface area contributed by atoms with Crippen LogP contribution in [0.4, 0.5) is 11.9 Å². The van der Waals surface area contributed by atoms with Crippen LogP contribution >= 0.6 is 0 Å². The number of methoxy groups -OCH3 is 1. The van der Waals surface area contributed by atoms with Gasteiger partial charge in [-0.25, -0.2) is 0 Å².